The molecule has 1 aliphatic rings. The van der Waals surface area contributed by atoms with Gasteiger partial charge in [0.15, 0.2) is 0 Å². The Morgan fingerprint density at radius 3 is 2.38 bits per heavy atom. The average Bonchev–Trinajstić information content (AvgIpc) is 3.09. The van der Waals surface area contributed by atoms with E-state index in [0.29, 0.717) is 5.56 Å². The monoisotopic (exact) mass is 276 g/mol. The maximum Gasteiger partial charge on any atom is 0.253 e. The van der Waals surface area contributed by atoms with Crippen molar-refractivity contribution in [3.05, 3.63) is 59.7 Å². The van der Waals surface area contributed by atoms with E-state index in [1.54, 1.807) is 6.07 Å². The van der Waals surface area contributed by atoms with Crippen LogP contribution in [0.5, 0.6) is 0 Å². The van der Waals surface area contributed by atoms with Crippen LogP contribution in [0.4, 0.5) is 0 Å². The fourth-order valence-corrected chi connectivity index (χ4v) is 2.68. The lowest BCUT2D eigenvalue weighted by Gasteiger charge is -2.15. The molecule has 0 aromatic heterocycles. The van der Waals surface area contributed by atoms with Crippen LogP contribution in [0.1, 0.15) is 28.8 Å². The van der Waals surface area contributed by atoms with Gasteiger partial charge >= 0.3 is 0 Å². The second-order valence-corrected chi connectivity index (χ2v) is 5.27. The Morgan fingerprint density at radius 2 is 1.71 bits per heavy atom. The summed E-state index contributed by atoms with van der Waals surface area (Å²) in [6, 6.07) is 17.3. The number of amides is 1. The van der Waals surface area contributed by atoms with Crippen molar-refractivity contribution in [2.75, 3.05) is 13.1 Å². The van der Waals surface area contributed by atoms with Gasteiger partial charge in [-0.3, -0.25) is 4.79 Å². The zero-order valence-corrected chi connectivity index (χ0v) is 11.7. The van der Waals surface area contributed by atoms with Gasteiger partial charge in [0.05, 0.1) is 11.6 Å². The summed E-state index contributed by atoms with van der Waals surface area (Å²) in [7, 11) is 0. The summed E-state index contributed by atoms with van der Waals surface area (Å²) in [4.78, 5) is 14.2. The van der Waals surface area contributed by atoms with Crippen LogP contribution in [0.25, 0.3) is 11.1 Å². The number of nitrogens with zero attached hydrogens (tertiary/aromatic N) is 2. The van der Waals surface area contributed by atoms with Crippen LogP contribution in [0.2, 0.25) is 0 Å². The van der Waals surface area contributed by atoms with Gasteiger partial charge in [-0.25, -0.2) is 0 Å². The lowest BCUT2D eigenvalue weighted by molar-refractivity contribution is 0.0793. The Balaban J connectivity index is 1.83. The molecule has 0 atom stereocenters. The minimum absolute atomic E-state index is 0.116. The molecule has 104 valence electrons. The summed E-state index contributed by atoms with van der Waals surface area (Å²) in [6.07, 6.45) is 2.20. The highest BCUT2D eigenvalue weighted by Crippen LogP contribution is 2.22. The highest BCUT2D eigenvalue weighted by atomic mass is 16.2. The first-order chi connectivity index (χ1) is 10.3. The third-order valence-corrected chi connectivity index (χ3v) is 3.85. The van der Waals surface area contributed by atoms with Crippen LogP contribution in [0.15, 0.2) is 48.5 Å². The van der Waals surface area contributed by atoms with Crippen LogP contribution in [0.3, 0.4) is 0 Å². The lowest BCUT2D eigenvalue weighted by Crippen LogP contribution is -2.27. The fraction of sp³-hybridized carbons (Fsp3) is 0.222. The van der Waals surface area contributed by atoms with E-state index in [1.807, 2.05) is 47.4 Å². The van der Waals surface area contributed by atoms with Crippen molar-refractivity contribution in [2.45, 2.75) is 12.8 Å². The molecule has 0 aliphatic carbocycles. The van der Waals surface area contributed by atoms with Crippen LogP contribution in [0, 0.1) is 11.3 Å². The van der Waals surface area contributed by atoms with E-state index >= 15 is 0 Å². The summed E-state index contributed by atoms with van der Waals surface area (Å²) in [5.41, 5.74) is 3.39. The van der Waals surface area contributed by atoms with Gasteiger partial charge < -0.3 is 4.90 Å². The molecule has 1 saturated heterocycles. The molecule has 0 unspecified atom stereocenters. The van der Waals surface area contributed by atoms with Crippen molar-refractivity contribution in [1.82, 2.24) is 4.90 Å². The molecule has 1 amide bonds. The van der Waals surface area contributed by atoms with E-state index in [4.69, 9.17) is 5.26 Å². The highest BCUT2D eigenvalue weighted by Gasteiger charge is 2.19. The number of carbonyl (C=O) groups is 1. The molecular formula is C18H16N2O. The fourth-order valence-electron chi connectivity index (χ4n) is 2.68. The molecule has 1 fully saturated rings. The second-order valence-electron chi connectivity index (χ2n) is 5.27. The van der Waals surface area contributed by atoms with Crippen molar-refractivity contribution < 1.29 is 4.79 Å². The van der Waals surface area contributed by atoms with Crippen molar-refractivity contribution in [3.8, 4) is 17.2 Å². The van der Waals surface area contributed by atoms with Gasteiger partial charge in [0, 0.05) is 18.7 Å². The standard InChI is InChI=1S/C18H16N2O/c19-13-14-4-3-5-17(12-14)15-6-8-16(9-7-15)18(21)20-10-1-2-11-20/h3-9,12H,1-2,10-11H2. The van der Waals surface area contributed by atoms with Gasteiger partial charge in [-0.2, -0.15) is 5.26 Å². The van der Waals surface area contributed by atoms with Crippen LogP contribution in [-0.4, -0.2) is 23.9 Å². The molecule has 3 heteroatoms. The Hall–Kier alpha value is -2.60. The third-order valence-electron chi connectivity index (χ3n) is 3.85. The highest BCUT2D eigenvalue weighted by molar-refractivity contribution is 5.94. The van der Waals surface area contributed by atoms with E-state index in [-0.39, 0.29) is 5.91 Å². The molecule has 3 rings (SSSR count). The van der Waals surface area contributed by atoms with Crippen molar-refractivity contribution in [3.63, 3.8) is 0 Å². The van der Waals surface area contributed by atoms with Gasteiger partial charge in [-0.15, -0.1) is 0 Å². The minimum Gasteiger partial charge on any atom is -0.339 e. The molecule has 0 saturated carbocycles. The molecule has 3 nitrogen and oxygen atoms in total. The molecule has 0 spiro atoms. The summed E-state index contributed by atoms with van der Waals surface area (Å²) < 4.78 is 0. The van der Waals surface area contributed by atoms with Gasteiger partial charge in [-0.1, -0.05) is 24.3 Å². The molecule has 1 aliphatic heterocycles. The quantitative estimate of drug-likeness (QED) is 0.843. The number of benzene rings is 2. The Bertz CT molecular complexity index is 692. The largest absolute Gasteiger partial charge is 0.339 e. The normalized spacial score (nSPS) is 14.0. The number of rotatable bonds is 2. The number of hydrogen-bond acceptors (Lipinski definition) is 2. The number of carbonyl (C=O) groups excluding carboxylic acids is 1. The second kappa shape index (κ2) is 5.80. The van der Waals surface area contributed by atoms with Gasteiger partial charge in [-0.05, 0) is 48.2 Å². The molecular weight excluding hydrogens is 260 g/mol. The molecule has 0 N–H and O–H groups in total. The van der Waals surface area contributed by atoms with Crippen molar-refractivity contribution >= 4 is 5.91 Å². The predicted molar refractivity (Wildman–Crippen MR) is 81.7 cm³/mol. The Labute approximate surface area is 124 Å². The average molecular weight is 276 g/mol. The summed E-state index contributed by atoms with van der Waals surface area (Å²) >= 11 is 0. The van der Waals surface area contributed by atoms with E-state index in [2.05, 4.69) is 6.07 Å². The summed E-state index contributed by atoms with van der Waals surface area (Å²) in [6.45, 7) is 1.73. The van der Waals surface area contributed by atoms with Gasteiger partial charge in [0.25, 0.3) is 5.91 Å². The molecule has 0 radical (unpaired) electrons. The maximum atomic E-state index is 12.3. The lowest BCUT2D eigenvalue weighted by atomic mass is 10.0. The van der Waals surface area contributed by atoms with Crippen LogP contribution < -0.4 is 0 Å². The van der Waals surface area contributed by atoms with E-state index in [9.17, 15) is 4.79 Å². The van der Waals surface area contributed by atoms with Gasteiger partial charge in [0.1, 0.15) is 0 Å². The molecule has 0 bridgehead atoms. The smallest absolute Gasteiger partial charge is 0.253 e. The maximum absolute atomic E-state index is 12.3. The first-order valence-electron chi connectivity index (χ1n) is 7.18. The van der Waals surface area contributed by atoms with E-state index < -0.39 is 0 Å². The molecule has 2 aromatic rings. The molecule has 21 heavy (non-hydrogen) atoms. The van der Waals surface area contributed by atoms with E-state index in [1.165, 1.54) is 0 Å². The SMILES string of the molecule is N#Cc1cccc(-c2ccc(C(=O)N3CCCC3)cc2)c1. The first kappa shape index (κ1) is 13.4. The number of hydrogen-bond donors (Lipinski definition) is 0. The number of nitriles is 1. The molecule has 1 heterocycles. The van der Waals surface area contributed by atoms with E-state index in [0.717, 1.165) is 42.6 Å². The molecule has 2 aromatic carbocycles. The Kier molecular flexibility index (Phi) is 3.70. The van der Waals surface area contributed by atoms with Crippen LogP contribution >= 0.6 is 0 Å². The van der Waals surface area contributed by atoms with Crippen molar-refractivity contribution in [1.29, 1.82) is 5.26 Å². The first-order valence-corrected chi connectivity index (χ1v) is 7.18. The summed E-state index contributed by atoms with van der Waals surface area (Å²) in [5, 5.41) is 8.95. The van der Waals surface area contributed by atoms with Crippen LogP contribution in [-0.2, 0) is 0 Å². The Morgan fingerprint density at radius 1 is 1.00 bits per heavy atom. The minimum atomic E-state index is 0.116. The zero-order chi connectivity index (χ0) is 14.7. The third kappa shape index (κ3) is 2.80. The summed E-state index contributed by atoms with van der Waals surface area (Å²) in [5.74, 6) is 0.116. The van der Waals surface area contributed by atoms with Crippen molar-refractivity contribution in [2.24, 2.45) is 0 Å². The number of likely N-dealkylation sites (tertiary alicyclic amines) is 1. The topological polar surface area (TPSA) is 44.1 Å². The van der Waals surface area contributed by atoms with Gasteiger partial charge in [0.2, 0.25) is 0 Å². The zero-order valence-electron chi connectivity index (χ0n) is 11.7. The predicted octanol–water partition coefficient (Wildman–Crippen LogP) is 3.46.